The van der Waals surface area contributed by atoms with Gasteiger partial charge in [0.1, 0.15) is 5.78 Å². The summed E-state index contributed by atoms with van der Waals surface area (Å²) in [5.74, 6) is -0.842. The molecule has 0 saturated heterocycles. The summed E-state index contributed by atoms with van der Waals surface area (Å²) < 4.78 is 22.8. The van der Waals surface area contributed by atoms with Crippen LogP contribution in [0.15, 0.2) is 24.3 Å². The standard InChI is InChI=1S/C12H17N2O3P/c1-3-16-18(15,17-4-2)12(14)11-7-5-10(9-13)6-8-11/h5-8,12H,3-4,14H2,1-2H3/t12-/m1/s1. The molecule has 0 aliphatic carbocycles. The molecule has 0 radical (unpaired) electrons. The number of nitrogens with zero attached hydrogens (tertiary/aromatic N) is 1. The van der Waals surface area contributed by atoms with E-state index in [1.165, 1.54) is 0 Å². The van der Waals surface area contributed by atoms with E-state index < -0.39 is 13.4 Å². The van der Waals surface area contributed by atoms with E-state index in [1.807, 2.05) is 6.07 Å². The van der Waals surface area contributed by atoms with Gasteiger partial charge in [-0.15, -0.1) is 0 Å². The fourth-order valence-electron chi connectivity index (χ4n) is 1.50. The van der Waals surface area contributed by atoms with Crippen molar-refractivity contribution in [2.75, 3.05) is 13.2 Å². The Labute approximate surface area is 107 Å². The minimum Gasteiger partial charge on any atom is -0.314 e. The number of hydrogen-bond acceptors (Lipinski definition) is 5. The van der Waals surface area contributed by atoms with Crippen LogP contribution in [0.5, 0.6) is 0 Å². The summed E-state index contributed by atoms with van der Waals surface area (Å²) >= 11 is 0. The Balaban J connectivity index is 2.98. The largest absolute Gasteiger partial charge is 0.351 e. The Morgan fingerprint density at radius 1 is 1.28 bits per heavy atom. The first-order chi connectivity index (χ1) is 8.57. The topological polar surface area (TPSA) is 85.3 Å². The van der Waals surface area contributed by atoms with Crippen molar-refractivity contribution in [2.24, 2.45) is 5.73 Å². The van der Waals surface area contributed by atoms with Crippen LogP contribution in [-0.4, -0.2) is 13.2 Å². The molecule has 0 amide bonds. The number of rotatable bonds is 6. The zero-order valence-electron chi connectivity index (χ0n) is 10.5. The third-order valence-electron chi connectivity index (χ3n) is 2.34. The lowest BCUT2D eigenvalue weighted by Crippen LogP contribution is -2.15. The molecule has 0 bridgehead atoms. The molecule has 6 heteroatoms. The lowest BCUT2D eigenvalue weighted by atomic mass is 10.1. The van der Waals surface area contributed by atoms with Crippen LogP contribution < -0.4 is 5.73 Å². The van der Waals surface area contributed by atoms with Crippen molar-refractivity contribution < 1.29 is 13.6 Å². The molecule has 0 heterocycles. The molecule has 2 N–H and O–H groups in total. The number of nitriles is 1. The molecule has 0 spiro atoms. The van der Waals surface area contributed by atoms with E-state index in [0.717, 1.165) is 0 Å². The van der Waals surface area contributed by atoms with E-state index in [4.69, 9.17) is 20.0 Å². The van der Waals surface area contributed by atoms with Crippen LogP contribution >= 0.6 is 7.60 Å². The molecule has 1 aromatic carbocycles. The molecule has 1 rings (SSSR count). The first-order valence-electron chi connectivity index (χ1n) is 5.71. The van der Waals surface area contributed by atoms with Gasteiger partial charge in [0.25, 0.3) is 0 Å². The second-order valence-electron chi connectivity index (χ2n) is 3.55. The predicted molar refractivity (Wildman–Crippen MR) is 68.9 cm³/mol. The fraction of sp³-hybridized carbons (Fsp3) is 0.417. The second kappa shape index (κ2) is 6.67. The third-order valence-corrected chi connectivity index (χ3v) is 4.56. The minimum absolute atomic E-state index is 0.265. The minimum atomic E-state index is -3.36. The Morgan fingerprint density at radius 2 is 1.78 bits per heavy atom. The second-order valence-corrected chi connectivity index (χ2v) is 5.71. The third kappa shape index (κ3) is 3.41. The normalized spacial score (nSPS) is 13.0. The van der Waals surface area contributed by atoms with Gasteiger partial charge in [0.05, 0.1) is 24.8 Å². The van der Waals surface area contributed by atoms with Gasteiger partial charge in [-0.05, 0) is 31.5 Å². The van der Waals surface area contributed by atoms with Crippen LogP contribution in [0.1, 0.15) is 30.8 Å². The Morgan fingerprint density at radius 3 is 2.17 bits per heavy atom. The van der Waals surface area contributed by atoms with Crippen LogP contribution in [0.25, 0.3) is 0 Å². The van der Waals surface area contributed by atoms with Crippen molar-refractivity contribution in [1.29, 1.82) is 5.26 Å². The average Bonchev–Trinajstić information content (AvgIpc) is 2.38. The molecule has 0 unspecified atom stereocenters. The van der Waals surface area contributed by atoms with Gasteiger partial charge in [0.2, 0.25) is 0 Å². The molecule has 0 aliphatic heterocycles. The highest BCUT2D eigenvalue weighted by atomic mass is 31.2. The zero-order valence-corrected chi connectivity index (χ0v) is 11.4. The SMILES string of the molecule is CCOP(=O)(OCC)[C@@H](N)c1ccc(C#N)cc1. The maximum Gasteiger partial charge on any atom is 0.351 e. The van der Waals surface area contributed by atoms with Crippen LogP contribution in [0.2, 0.25) is 0 Å². The van der Waals surface area contributed by atoms with Gasteiger partial charge >= 0.3 is 7.60 Å². The summed E-state index contributed by atoms with van der Waals surface area (Å²) in [5.41, 5.74) is 7.09. The van der Waals surface area contributed by atoms with Gasteiger partial charge in [-0.1, -0.05) is 12.1 Å². The molecule has 0 aromatic heterocycles. The van der Waals surface area contributed by atoms with Gasteiger partial charge < -0.3 is 14.8 Å². The number of hydrogen-bond donors (Lipinski definition) is 1. The Hall–Kier alpha value is -1.18. The highest BCUT2D eigenvalue weighted by molar-refractivity contribution is 7.54. The fourth-order valence-corrected chi connectivity index (χ4v) is 3.15. The Bertz CT molecular complexity index is 457. The van der Waals surface area contributed by atoms with Crippen LogP contribution in [-0.2, 0) is 13.6 Å². The summed E-state index contributed by atoms with van der Waals surface area (Å²) in [6, 6.07) is 8.58. The van der Waals surface area contributed by atoms with Crippen molar-refractivity contribution in [3.63, 3.8) is 0 Å². The lowest BCUT2D eigenvalue weighted by molar-refractivity contribution is 0.212. The van der Waals surface area contributed by atoms with E-state index >= 15 is 0 Å². The summed E-state index contributed by atoms with van der Waals surface area (Å²) in [7, 11) is -3.36. The summed E-state index contributed by atoms with van der Waals surface area (Å²) in [6.07, 6.45) is 0. The van der Waals surface area contributed by atoms with Gasteiger partial charge in [0.15, 0.2) is 0 Å². The van der Waals surface area contributed by atoms with Gasteiger partial charge in [-0.2, -0.15) is 5.26 Å². The highest BCUT2D eigenvalue weighted by Crippen LogP contribution is 2.58. The quantitative estimate of drug-likeness (QED) is 0.802. The smallest absolute Gasteiger partial charge is 0.314 e. The van der Waals surface area contributed by atoms with Gasteiger partial charge in [-0.3, -0.25) is 4.57 Å². The van der Waals surface area contributed by atoms with E-state index in [0.29, 0.717) is 11.1 Å². The van der Waals surface area contributed by atoms with Crippen molar-refractivity contribution in [1.82, 2.24) is 0 Å². The molecule has 0 aliphatic rings. The van der Waals surface area contributed by atoms with E-state index in [9.17, 15) is 4.57 Å². The summed E-state index contributed by atoms with van der Waals surface area (Å²) in [4.78, 5) is 0. The average molecular weight is 268 g/mol. The molecule has 18 heavy (non-hydrogen) atoms. The maximum atomic E-state index is 12.4. The summed E-state index contributed by atoms with van der Waals surface area (Å²) in [5, 5.41) is 8.71. The van der Waals surface area contributed by atoms with E-state index in [2.05, 4.69) is 0 Å². The van der Waals surface area contributed by atoms with Crippen molar-refractivity contribution in [3.05, 3.63) is 35.4 Å². The summed E-state index contributed by atoms with van der Waals surface area (Å²) in [6.45, 7) is 4.00. The van der Waals surface area contributed by atoms with Crippen molar-refractivity contribution >= 4 is 7.60 Å². The van der Waals surface area contributed by atoms with Crippen LogP contribution in [0.3, 0.4) is 0 Å². The molecular weight excluding hydrogens is 251 g/mol. The Kier molecular flexibility index (Phi) is 5.52. The van der Waals surface area contributed by atoms with Gasteiger partial charge in [0, 0.05) is 0 Å². The number of nitrogens with two attached hydrogens (primary N) is 1. The molecular formula is C12H17N2O3P. The molecule has 1 aromatic rings. The first kappa shape index (κ1) is 14.9. The maximum absolute atomic E-state index is 12.4. The first-order valence-corrected chi connectivity index (χ1v) is 7.33. The highest BCUT2D eigenvalue weighted by Gasteiger charge is 2.33. The van der Waals surface area contributed by atoms with Crippen molar-refractivity contribution in [2.45, 2.75) is 19.6 Å². The van der Waals surface area contributed by atoms with Crippen LogP contribution in [0, 0.1) is 11.3 Å². The van der Waals surface area contributed by atoms with E-state index in [1.54, 1.807) is 38.1 Å². The van der Waals surface area contributed by atoms with Crippen molar-refractivity contribution in [3.8, 4) is 6.07 Å². The molecule has 5 nitrogen and oxygen atoms in total. The molecule has 98 valence electrons. The number of benzene rings is 1. The lowest BCUT2D eigenvalue weighted by Gasteiger charge is -2.23. The van der Waals surface area contributed by atoms with E-state index in [-0.39, 0.29) is 13.2 Å². The predicted octanol–water partition coefficient (Wildman–Crippen LogP) is 2.78. The molecule has 0 fully saturated rings. The van der Waals surface area contributed by atoms with Crippen LogP contribution in [0.4, 0.5) is 0 Å². The zero-order chi connectivity index (χ0) is 13.6. The van der Waals surface area contributed by atoms with Gasteiger partial charge in [-0.25, -0.2) is 0 Å². The monoisotopic (exact) mass is 268 g/mol. The molecule has 1 atom stereocenters. The molecule has 0 saturated carbocycles.